The van der Waals surface area contributed by atoms with E-state index < -0.39 is 5.82 Å². The van der Waals surface area contributed by atoms with Crippen molar-refractivity contribution >= 4 is 0 Å². The number of nitrogens with zero attached hydrogens (tertiary/aromatic N) is 2. The maximum Gasteiger partial charge on any atom is 0.140 e. The predicted octanol–water partition coefficient (Wildman–Crippen LogP) is 1.68. The monoisotopic (exact) mass is 234 g/mol. The van der Waals surface area contributed by atoms with Crippen LogP contribution in [0.4, 0.5) is 4.39 Å². The van der Waals surface area contributed by atoms with Gasteiger partial charge in [-0.05, 0) is 17.7 Å². The summed E-state index contributed by atoms with van der Waals surface area (Å²) in [4.78, 5) is 1.96. The second-order valence-corrected chi connectivity index (χ2v) is 3.67. The molecule has 1 rings (SSSR count). The molecule has 0 aliphatic rings. The molecule has 1 aromatic rings. The van der Waals surface area contributed by atoms with Crippen molar-refractivity contribution in [1.82, 2.24) is 4.90 Å². The van der Waals surface area contributed by atoms with Crippen LogP contribution in [0.5, 0.6) is 0 Å². The van der Waals surface area contributed by atoms with Gasteiger partial charge in [-0.1, -0.05) is 12.1 Å². The van der Waals surface area contributed by atoms with Crippen LogP contribution in [-0.4, -0.2) is 29.7 Å². The first kappa shape index (κ1) is 13.4. The van der Waals surface area contributed by atoms with Gasteiger partial charge < -0.3 is 5.11 Å². The van der Waals surface area contributed by atoms with E-state index in [1.54, 1.807) is 12.1 Å². The zero-order valence-electron chi connectivity index (χ0n) is 9.56. The van der Waals surface area contributed by atoms with Crippen LogP contribution in [-0.2, 0) is 6.54 Å². The molecule has 0 bridgehead atoms. The van der Waals surface area contributed by atoms with Gasteiger partial charge in [0.1, 0.15) is 11.9 Å². The van der Waals surface area contributed by atoms with Gasteiger partial charge in [0, 0.05) is 19.6 Å². The minimum absolute atomic E-state index is 0.0463. The fourth-order valence-electron chi connectivity index (χ4n) is 1.57. The summed E-state index contributed by atoms with van der Waals surface area (Å²) in [7, 11) is 0. The van der Waals surface area contributed by atoms with Gasteiger partial charge in [-0.25, -0.2) is 4.39 Å². The molecule has 0 fully saturated rings. The molecule has 0 spiro atoms. The Morgan fingerprint density at radius 1 is 1.53 bits per heavy atom. The molecule has 0 amide bonds. The number of hydrogen-bond donors (Lipinski definition) is 1. The van der Waals surface area contributed by atoms with Crippen molar-refractivity contribution in [1.29, 1.82) is 5.26 Å². The smallest absolute Gasteiger partial charge is 0.140 e. The Kier molecular flexibility index (Phi) is 5.34. The zero-order valence-corrected chi connectivity index (χ0v) is 9.56. The van der Waals surface area contributed by atoms with Crippen molar-refractivity contribution in [2.24, 2.45) is 0 Å². The van der Waals surface area contributed by atoms with Crippen LogP contribution in [0.3, 0.4) is 0 Å². The number of benzene rings is 1. The van der Waals surface area contributed by atoms with Gasteiger partial charge in [0.15, 0.2) is 0 Å². The summed E-state index contributed by atoms with van der Waals surface area (Å²) in [5.41, 5.74) is 0.892. The fourth-order valence-corrected chi connectivity index (χ4v) is 1.57. The number of rotatable bonds is 6. The maximum atomic E-state index is 13.1. The van der Waals surface area contributed by atoms with Crippen LogP contribution in [0.1, 0.15) is 11.1 Å². The third kappa shape index (κ3) is 3.99. The first-order valence-corrected chi connectivity index (χ1v) is 5.34. The highest BCUT2D eigenvalue weighted by molar-refractivity contribution is 5.34. The lowest BCUT2D eigenvalue weighted by Crippen LogP contribution is -2.26. The molecule has 90 valence electrons. The van der Waals surface area contributed by atoms with Gasteiger partial charge in [-0.15, -0.1) is 6.58 Å². The summed E-state index contributed by atoms with van der Waals surface area (Å²) >= 11 is 0. The van der Waals surface area contributed by atoms with Gasteiger partial charge in [0.25, 0.3) is 0 Å². The highest BCUT2D eigenvalue weighted by Crippen LogP contribution is 2.11. The molecule has 0 heterocycles. The van der Waals surface area contributed by atoms with E-state index in [1.807, 2.05) is 11.0 Å². The van der Waals surface area contributed by atoms with E-state index in [2.05, 4.69) is 6.58 Å². The lowest BCUT2D eigenvalue weighted by atomic mass is 10.1. The molecule has 0 saturated heterocycles. The van der Waals surface area contributed by atoms with Crippen LogP contribution in [0.25, 0.3) is 0 Å². The number of hydrogen-bond acceptors (Lipinski definition) is 3. The van der Waals surface area contributed by atoms with Crippen LogP contribution in [0.15, 0.2) is 30.9 Å². The third-order valence-electron chi connectivity index (χ3n) is 2.36. The van der Waals surface area contributed by atoms with Crippen molar-refractivity contribution in [3.63, 3.8) is 0 Å². The minimum Gasteiger partial charge on any atom is -0.395 e. The van der Waals surface area contributed by atoms with E-state index in [0.717, 1.165) is 5.56 Å². The van der Waals surface area contributed by atoms with Crippen molar-refractivity contribution in [3.05, 3.63) is 47.8 Å². The molecule has 0 saturated carbocycles. The van der Waals surface area contributed by atoms with Crippen molar-refractivity contribution < 1.29 is 9.50 Å². The van der Waals surface area contributed by atoms with E-state index in [1.165, 1.54) is 12.1 Å². The Labute approximate surface area is 100 Å². The molecule has 0 aliphatic heterocycles. The van der Waals surface area contributed by atoms with Gasteiger partial charge in [0.05, 0.1) is 12.2 Å². The number of aliphatic hydroxyl groups excluding tert-OH is 1. The fraction of sp³-hybridized carbons (Fsp3) is 0.308. The summed E-state index contributed by atoms with van der Waals surface area (Å²) < 4.78 is 13.1. The molecule has 0 aliphatic carbocycles. The van der Waals surface area contributed by atoms with Gasteiger partial charge >= 0.3 is 0 Å². The average molecular weight is 234 g/mol. The average Bonchev–Trinajstić information content (AvgIpc) is 2.32. The Morgan fingerprint density at radius 2 is 2.29 bits per heavy atom. The number of aliphatic hydroxyl groups is 1. The van der Waals surface area contributed by atoms with Gasteiger partial charge in [0.2, 0.25) is 0 Å². The third-order valence-corrected chi connectivity index (χ3v) is 2.36. The quantitative estimate of drug-likeness (QED) is 0.762. The molecule has 0 unspecified atom stereocenters. The molecule has 1 aromatic carbocycles. The largest absolute Gasteiger partial charge is 0.395 e. The topological polar surface area (TPSA) is 47.3 Å². The molecule has 3 nitrogen and oxygen atoms in total. The first-order valence-electron chi connectivity index (χ1n) is 5.34. The lowest BCUT2D eigenvalue weighted by molar-refractivity contribution is 0.203. The molecule has 0 radical (unpaired) electrons. The Bertz CT molecular complexity index is 426. The number of halogens is 1. The predicted molar refractivity (Wildman–Crippen MR) is 63.7 cm³/mol. The molecule has 4 heteroatoms. The van der Waals surface area contributed by atoms with E-state index >= 15 is 0 Å². The minimum atomic E-state index is -0.506. The maximum absolute atomic E-state index is 13.1. The molecule has 0 atom stereocenters. The highest BCUT2D eigenvalue weighted by Gasteiger charge is 2.06. The highest BCUT2D eigenvalue weighted by atomic mass is 19.1. The normalized spacial score (nSPS) is 10.2. The van der Waals surface area contributed by atoms with Crippen molar-refractivity contribution in [2.75, 3.05) is 19.7 Å². The molecule has 0 aromatic heterocycles. The van der Waals surface area contributed by atoms with Crippen LogP contribution in [0.2, 0.25) is 0 Å². The lowest BCUT2D eigenvalue weighted by Gasteiger charge is -2.19. The van der Waals surface area contributed by atoms with Crippen molar-refractivity contribution in [2.45, 2.75) is 6.54 Å². The van der Waals surface area contributed by atoms with Crippen LogP contribution in [0, 0.1) is 17.1 Å². The van der Waals surface area contributed by atoms with E-state index in [-0.39, 0.29) is 12.2 Å². The molecular weight excluding hydrogens is 219 g/mol. The summed E-state index contributed by atoms with van der Waals surface area (Å²) in [6.07, 6.45) is 1.74. The first-order chi connectivity index (χ1) is 8.21. The SMILES string of the molecule is C=CCN(CCO)Cc1ccc(F)c(C#N)c1. The number of nitriles is 1. The Balaban J connectivity index is 2.79. The molecule has 1 N–H and O–H groups in total. The van der Waals surface area contributed by atoms with Crippen LogP contribution < -0.4 is 0 Å². The second kappa shape index (κ2) is 6.79. The Morgan fingerprint density at radius 3 is 2.88 bits per heavy atom. The van der Waals surface area contributed by atoms with Crippen LogP contribution >= 0.6 is 0 Å². The van der Waals surface area contributed by atoms with Gasteiger partial charge in [-0.3, -0.25) is 4.90 Å². The zero-order chi connectivity index (χ0) is 12.7. The standard InChI is InChI=1S/C13H15FN2O/c1-2-5-16(6-7-17)10-11-3-4-13(14)12(8-11)9-15/h2-4,8,17H,1,5-7,10H2. The summed E-state index contributed by atoms with van der Waals surface area (Å²) in [6.45, 7) is 5.41. The van der Waals surface area contributed by atoms with E-state index in [4.69, 9.17) is 10.4 Å². The summed E-state index contributed by atoms with van der Waals surface area (Å²) in [6, 6.07) is 6.27. The summed E-state index contributed by atoms with van der Waals surface area (Å²) in [5.74, 6) is -0.506. The second-order valence-electron chi connectivity index (χ2n) is 3.67. The van der Waals surface area contributed by atoms with Gasteiger partial charge in [-0.2, -0.15) is 5.26 Å². The Hall–Kier alpha value is -1.70. The van der Waals surface area contributed by atoms with Crippen molar-refractivity contribution in [3.8, 4) is 6.07 Å². The van der Waals surface area contributed by atoms with E-state index in [0.29, 0.717) is 19.6 Å². The van der Waals surface area contributed by atoms with E-state index in [9.17, 15) is 4.39 Å². The molecule has 17 heavy (non-hydrogen) atoms. The summed E-state index contributed by atoms with van der Waals surface area (Å²) in [5, 5.41) is 17.6. The molecular formula is C13H15FN2O.